The van der Waals surface area contributed by atoms with Gasteiger partial charge in [-0.05, 0) is 116 Å². The van der Waals surface area contributed by atoms with E-state index in [1.807, 2.05) is 41.5 Å². The first-order chi connectivity index (χ1) is 16.6. The number of ether oxygens (including phenoxy) is 3. The molecule has 5 aliphatic rings. The second-order valence-electron chi connectivity index (χ2n) is 14.2. The van der Waals surface area contributed by atoms with Crippen molar-refractivity contribution >= 4 is 17.9 Å². The fraction of sp³-hybridized carbons (Fsp3) is 0.900. The maximum atomic E-state index is 14.1. The molecule has 204 valence electrons. The Labute approximate surface area is 217 Å². The van der Waals surface area contributed by atoms with Crippen LogP contribution in [-0.4, -0.2) is 36.2 Å². The summed E-state index contributed by atoms with van der Waals surface area (Å²) in [6.07, 6.45) is 8.50. The van der Waals surface area contributed by atoms with Crippen molar-refractivity contribution in [1.29, 1.82) is 0 Å². The summed E-state index contributed by atoms with van der Waals surface area (Å²) in [5.41, 5.74) is -3.68. The maximum absolute atomic E-state index is 14.1. The predicted molar refractivity (Wildman–Crippen MR) is 137 cm³/mol. The predicted octanol–water partition coefficient (Wildman–Crippen LogP) is 6.24. The number of carbonyl (C=O) groups is 3. The van der Waals surface area contributed by atoms with E-state index in [1.54, 1.807) is 0 Å². The second kappa shape index (κ2) is 9.01. The molecule has 36 heavy (non-hydrogen) atoms. The SMILES string of the molecule is CCC(C)(CC(C)(CC1(C)CC(C)(C)OC1=O)C(=O)OC)C(=O)OC1(CC)C2CC3CC(C2)CC1C3. The lowest BCUT2D eigenvalue weighted by atomic mass is 9.49. The number of methoxy groups -OCH3 is 1. The van der Waals surface area contributed by atoms with E-state index in [0.29, 0.717) is 24.7 Å². The van der Waals surface area contributed by atoms with E-state index in [0.717, 1.165) is 18.3 Å². The molecule has 1 saturated heterocycles. The van der Waals surface area contributed by atoms with Gasteiger partial charge in [0.05, 0.1) is 23.4 Å². The van der Waals surface area contributed by atoms with Gasteiger partial charge in [-0.15, -0.1) is 0 Å². The Bertz CT molecular complexity index is 879. The van der Waals surface area contributed by atoms with Crippen LogP contribution in [0.1, 0.15) is 113 Å². The van der Waals surface area contributed by atoms with Crippen LogP contribution < -0.4 is 0 Å². The molecule has 5 rings (SSSR count). The largest absolute Gasteiger partial charge is 0.469 e. The van der Waals surface area contributed by atoms with Gasteiger partial charge in [0.2, 0.25) is 0 Å². The Morgan fingerprint density at radius 3 is 1.92 bits per heavy atom. The van der Waals surface area contributed by atoms with Crippen LogP contribution in [0.4, 0.5) is 0 Å². The number of carbonyl (C=O) groups excluding carboxylic acids is 3. The molecule has 0 amide bonds. The minimum absolute atomic E-state index is 0.200. The van der Waals surface area contributed by atoms with Gasteiger partial charge in [-0.2, -0.15) is 0 Å². The third kappa shape index (κ3) is 4.49. The summed E-state index contributed by atoms with van der Waals surface area (Å²) in [6, 6.07) is 0. The molecule has 0 N–H and O–H groups in total. The average molecular weight is 505 g/mol. The third-order valence-corrected chi connectivity index (χ3v) is 10.5. The molecule has 1 aliphatic heterocycles. The molecule has 4 aliphatic carbocycles. The second-order valence-corrected chi connectivity index (χ2v) is 14.2. The van der Waals surface area contributed by atoms with Gasteiger partial charge >= 0.3 is 17.9 Å². The quantitative estimate of drug-likeness (QED) is 0.273. The van der Waals surface area contributed by atoms with E-state index >= 15 is 0 Å². The molecule has 3 atom stereocenters. The van der Waals surface area contributed by atoms with Crippen molar-refractivity contribution < 1.29 is 28.6 Å². The standard InChI is InChI=1S/C30H48O6/c1-9-27(5,17-29(7,23(31)34-8)18-28(6)16-26(3,4)35-25(28)33)24(32)36-30(10-2)21-12-19-11-20(14-21)15-22(30)13-19/h19-22H,9-18H2,1-8H3. The summed E-state index contributed by atoms with van der Waals surface area (Å²) in [6.45, 7) is 13.6. The van der Waals surface area contributed by atoms with Crippen LogP contribution in [0.5, 0.6) is 0 Å². The zero-order valence-corrected chi connectivity index (χ0v) is 23.8. The van der Waals surface area contributed by atoms with Crippen LogP contribution in [0.2, 0.25) is 0 Å². The molecule has 0 spiro atoms. The minimum atomic E-state index is -1.03. The Hall–Kier alpha value is -1.59. The molecule has 6 nitrogen and oxygen atoms in total. The molecule has 4 saturated carbocycles. The van der Waals surface area contributed by atoms with Crippen molar-refractivity contribution in [2.75, 3.05) is 7.11 Å². The number of esters is 3. The average Bonchev–Trinajstić information content (AvgIpc) is 3.00. The summed E-state index contributed by atoms with van der Waals surface area (Å²) in [4.78, 5) is 40.2. The first-order valence-electron chi connectivity index (χ1n) is 14.2. The van der Waals surface area contributed by atoms with Crippen molar-refractivity contribution in [3.05, 3.63) is 0 Å². The summed E-state index contributed by atoms with van der Waals surface area (Å²) in [7, 11) is 1.38. The Morgan fingerprint density at radius 2 is 1.50 bits per heavy atom. The third-order valence-electron chi connectivity index (χ3n) is 10.5. The summed E-state index contributed by atoms with van der Waals surface area (Å²) >= 11 is 0. The van der Waals surface area contributed by atoms with E-state index in [2.05, 4.69) is 6.92 Å². The van der Waals surface area contributed by atoms with Gasteiger partial charge in [-0.3, -0.25) is 14.4 Å². The molecular formula is C30H48O6. The number of rotatable bonds is 9. The van der Waals surface area contributed by atoms with Crippen LogP contribution >= 0.6 is 0 Å². The maximum Gasteiger partial charge on any atom is 0.312 e. The zero-order valence-electron chi connectivity index (χ0n) is 23.8. The fourth-order valence-corrected chi connectivity index (χ4v) is 9.17. The van der Waals surface area contributed by atoms with Crippen LogP contribution in [0, 0.1) is 39.9 Å². The van der Waals surface area contributed by atoms with Gasteiger partial charge in [0.15, 0.2) is 0 Å². The van der Waals surface area contributed by atoms with Gasteiger partial charge in [0.1, 0.15) is 11.2 Å². The highest BCUT2D eigenvalue weighted by molar-refractivity contribution is 5.84. The Morgan fingerprint density at radius 1 is 0.944 bits per heavy atom. The molecule has 0 aromatic rings. The molecule has 3 unspecified atom stereocenters. The normalized spacial score (nSPS) is 39.7. The molecule has 4 bridgehead atoms. The van der Waals surface area contributed by atoms with Crippen molar-refractivity contribution in [3.63, 3.8) is 0 Å². The van der Waals surface area contributed by atoms with Gasteiger partial charge < -0.3 is 14.2 Å². The molecule has 0 aromatic carbocycles. The number of hydrogen-bond donors (Lipinski definition) is 0. The first kappa shape index (κ1) is 27.4. The summed E-state index contributed by atoms with van der Waals surface area (Å²) in [5.74, 6) is 1.60. The van der Waals surface area contributed by atoms with Crippen LogP contribution in [0.15, 0.2) is 0 Å². The van der Waals surface area contributed by atoms with Crippen LogP contribution in [0.3, 0.4) is 0 Å². The fourth-order valence-electron chi connectivity index (χ4n) is 9.17. The highest BCUT2D eigenvalue weighted by Gasteiger charge is 2.61. The van der Waals surface area contributed by atoms with E-state index in [9.17, 15) is 14.4 Å². The smallest absolute Gasteiger partial charge is 0.312 e. The van der Waals surface area contributed by atoms with Crippen LogP contribution in [-0.2, 0) is 28.6 Å². The highest BCUT2D eigenvalue weighted by atomic mass is 16.6. The molecule has 0 aromatic heterocycles. The van der Waals surface area contributed by atoms with E-state index in [1.165, 1.54) is 39.2 Å². The Kier molecular flexibility index (Phi) is 6.87. The van der Waals surface area contributed by atoms with E-state index in [-0.39, 0.29) is 30.4 Å². The number of hydrogen-bond acceptors (Lipinski definition) is 6. The van der Waals surface area contributed by atoms with Gasteiger partial charge in [-0.1, -0.05) is 13.8 Å². The van der Waals surface area contributed by atoms with Gasteiger partial charge in [0.25, 0.3) is 0 Å². The monoisotopic (exact) mass is 504 g/mol. The molecule has 0 radical (unpaired) electrons. The molecular weight excluding hydrogens is 456 g/mol. The van der Waals surface area contributed by atoms with Gasteiger partial charge in [-0.25, -0.2) is 0 Å². The lowest BCUT2D eigenvalue weighted by molar-refractivity contribution is -0.220. The van der Waals surface area contributed by atoms with Crippen LogP contribution in [0.25, 0.3) is 0 Å². The Balaban J connectivity index is 1.58. The van der Waals surface area contributed by atoms with E-state index < -0.39 is 27.8 Å². The van der Waals surface area contributed by atoms with Crippen molar-refractivity contribution in [3.8, 4) is 0 Å². The molecule has 6 heteroatoms. The van der Waals surface area contributed by atoms with Gasteiger partial charge in [0, 0.05) is 6.42 Å². The zero-order chi connectivity index (χ0) is 26.7. The number of cyclic esters (lactones) is 1. The molecule has 5 fully saturated rings. The van der Waals surface area contributed by atoms with Crippen molar-refractivity contribution in [2.24, 2.45) is 39.9 Å². The first-order valence-corrected chi connectivity index (χ1v) is 14.2. The molecule has 1 heterocycles. The summed E-state index contributed by atoms with van der Waals surface area (Å²) < 4.78 is 17.5. The summed E-state index contributed by atoms with van der Waals surface area (Å²) in [5, 5.41) is 0. The topological polar surface area (TPSA) is 78.9 Å². The lowest BCUT2D eigenvalue weighted by Gasteiger charge is -2.60. The van der Waals surface area contributed by atoms with Crippen molar-refractivity contribution in [1.82, 2.24) is 0 Å². The highest BCUT2D eigenvalue weighted by Crippen LogP contribution is 2.61. The lowest BCUT2D eigenvalue weighted by Crippen LogP contribution is -2.60. The minimum Gasteiger partial charge on any atom is -0.469 e. The van der Waals surface area contributed by atoms with Crippen molar-refractivity contribution in [2.45, 2.75) is 124 Å². The van der Waals surface area contributed by atoms with E-state index in [4.69, 9.17) is 14.2 Å².